The summed E-state index contributed by atoms with van der Waals surface area (Å²) in [5, 5.41) is 3.40. The Hall–Kier alpha value is -1.84. The number of rotatable bonds is 4. The first-order valence-corrected chi connectivity index (χ1v) is 6.59. The summed E-state index contributed by atoms with van der Waals surface area (Å²) >= 11 is 0. The van der Waals surface area contributed by atoms with Gasteiger partial charge in [-0.3, -0.25) is 4.98 Å². The van der Waals surface area contributed by atoms with Crippen LogP contribution in [0.15, 0.2) is 36.9 Å². The maximum absolute atomic E-state index is 4.41. The van der Waals surface area contributed by atoms with Gasteiger partial charge in [-0.1, -0.05) is 18.9 Å². The Morgan fingerprint density at radius 3 is 2.94 bits per heavy atom. The fraction of sp³-hybridized carbons (Fsp3) is 0.429. The van der Waals surface area contributed by atoms with E-state index in [-0.39, 0.29) is 0 Å². The van der Waals surface area contributed by atoms with Crippen molar-refractivity contribution in [3.8, 4) is 0 Å². The molecule has 0 spiro atoms. The molecule has 1 N–H and O–H groups in total. The smallest absolute Gasteiger partial charge is 0.203 e. The van der Waals surface area contributed by atoms with Gasteiger partial charge in [-0.15, -0.1) is 0 Å². The van der Waals surface area contributed by atoms with Crippen molar-refractivity contribution in [2.75, 3.05) is 5.32 Å². The molecule has 0 aliphatic heterocycles. The number of nitrogens with one attached hydrogen (secondary N) is 1. The van der Waals surface area contributed by atoms with Crippen LogP contribution in [-0.4, -0.2) is 14.5 Å². The van der Waals surface area contributed by atoms with E-state index in [1.807, 2.05) is 18.5 Å². The summed E-state index contributed by atoms with van der Waals surface area (Å²) in [4.78, 5) is 8.52. The van der Waals surface area contributed by atoms with Gasteiger partial charge >= 0.3 is 0 Å². The van der Waals surface area contributed by atoms with E-state index >= 15 is 0 Å². The van der Waals surface area contributed by atoms with Crippen LogP contribution >= 0.6 is 0 Å². The lowest BCUT2D eigenvalue weighted by Crippen LogP contribution is -2.10. The lowest BCUT2D eigenvalue weighted by Gasteiger charge is -2.15. The molecule has 0 unspecified atom stereocenters. The zero-order valence-corrected chi connectivity index (χ0v) is 10.4. The van der Waals surface area contributed by atoms with E-state index in [1.165, 1.54) is 31.2 Å². The third-order valence-corrected chi connectivity index (χ3v) is 3.56. The highest BCUT2D eigenvalue weighted by Crippen LogP contribution is 2.31. The largest absolute Gasteiger partial charge is 0.352 e. The predicted octanol–water partition coefficient (Wildman–Crippen LogP) is 3.01. The Bertz CT molecular complexity index is 486. The van der Waals surface area contributed by atoms with Gasteiger partial charge in [0, 0.05) is 37.4 Å². The zero-order valence-electron chi connectivity index (χ0n) is 10.4. The monoisotopic (exact) mass is 242 g/mol. The molecule has 0 atom stereocenters. The normalized spacial score (nSPS) is 16.0. The fourth-order valence-electron chi connectivity index (χ4n) is 2.61. The Labute approximate surface area is 107 Å². The minimum absolute atomic E-state index is 0.629. The van der Waals surface area contributed by atoms with Gasteiger partial charge < -0.3 is 9.88 Å². The molecular weight excluding hydrogens is 224 g/mol. The van der Waals surface area contributed by atoms with Gasteiger partial charge in [0.05, 0.1) is 0 Å². The van der Waals surface area contributed by atoms with Crippen LogP contribution < -0.4 is 5.32 Å². The van der Waals surface area contributed by atoms with E-state index < -0.39 is 0 Å². The number of nitrogens with zero attached hydrogens (tertiary/aromatic N) is 3. The van der Waals surface area contributed by atoms with Crippen LogP contribution in [0.4, 0.5) is 5.95 Å². The first-order valence-electron chi connectivity index (χ1n) is 6.59. The highest BCUT2D eigenvalue weighted by Gasteiger charge is 2.18. The highest BCUT2D eigenvalue weighted by atomic mass is 15.2. The molecule has 2 aromatic rings. The van der Waals surface area contributed by atoms with Crippen LogP contribution in [0.1, 0.15) is 37.3 Å². The second-order valence-electron chi connectivity index (χ2n) is 4.81. The molecule has 0 saturated heterocycles. The molecule has 0 radical (unpaired) electrons. The van der Waals surface area contributed by atoms with Gasteiger partial charge in [-0.05, 0) is 24.5 Å². The maximum atomic E-state index is 4.41. The maximum Gasteiger partial charge on any atom is 0.203 e. The molecule has 1 aliphatic rings. The average molecular weight is 242 g/mol. The SMILES string of the molecule is c1cncc(CNc2nccn2C2CCCC2)c1. The van der Waals surface area contributed by atoms with E-state index in [2.05, 4.69) is 32.1 Å². The van der Waals surface area contributed by atoms with E-state index in [1.54, 1.807) is 6.20 Å². The van der Waals surface area contributed by atoms with Gasteiger partial charge in [0.15, 0.2) is 0 Å². The number of hydrogen-bond donors (Lipinski definition) is 1. The van der Waals surface area contributed by atoms with Gasteiger partial charge in [-0.2, -0.15) is 0 Å². The minimum atomic E-state index is 0.629. The molecule has 2 heterocycles. The standard InChI is InChI=1S/C14H18N4/c1-2-6-13(5-1)18-9-8-16-14(18)17-11-12-4-3-7-15-10-12/h3-4,7-10,13H,1-2,5-6,11H2,(H,16,17). The molecule has 1 aliphatic carbocycles. The Morgan fingerprint density at radius 1 is 1.28 bits per heavy atom. The van der Waals surface area contributed by atoms with Gasteiger partial charge in [0.1, 0.15) is 0 Å². The van der Waals surface area contributed by atoms with E-state index in [0.29, 0.717) is 6.04 Å². The van der Waals surface area contributed by atoms with Crippen molar-refractivity contribution in [2.24, 2.45) is 0 Å². The van der Waals surface area contributed by atoms with Crippen molar-refractivity contribution in [3.63, 3.8) is 0 Å². The van der Waals surface area contributed by atoms with Gasteiger partial charge in [0.2, 0.25) is 5.95 Å². The molecular formula is C14H18N4. The quantitative estimate of drug-likeness (QED) is 0.896. The van der Waals surface area contributed by atoms with Gasteiger partial charge in [0.25, 0.3) is 0 Å². The summed E-state index contributed by atoms with van der Waals surface area (Å²) in [6, 6.07) is 4.66. The summed E-state index contributed by atoms with van der Waals surface area (Å²) in [6.07, 6.45) is 12.9. The van der Waals surface area contributed by atoms with Gasteiger partial charge in [-0.25, -0.2) is 4.98 Å². The van der Waals surface area contributed by atoms with Crippen molar-refractivity contribution in [1.82, 2.24) is 14.5 Å². The first-order chi connectivity index (χ1) is 8.93. The lowest BCUT2D eigenvalue weighted by molar-refractivity contribution is 0.523. The zero-order chi connectivity index (χ0) is 12.2. The molecule has 0 amide bonds. The van der Waals surface area contributed by atoms with Crippen LogP contribution in [0.25, 0.3) is 0 Å². The Balaban J connectivity index is 1.68. The summed E-state index contributed by atoms with van der Waals surface area (Å²) < 4.78 is 2.28. The van der Waals surface area contributed by atoms with Crippen molar-refractivity contribution in [3.05, 3.63) is 42.5 Å². The van der Waals surface area contributed by atoms with Crippen LogP contribution in [-0.2, 0) is 6.54 Å². The number of hydrogen-bond acceptors (Lipinski definition) is 3. The fourth-order valence-corrected chi connectivity index (χ4v) is 2.61. The summed E-state index contributed by atoms with van der Waals surface area (Å²) in [5.74, 6) is 0.978. The Kier molecular flexibility index (Phi) is 3.26. The second kappa shape index (κ2) is 5.21. The highest BCUT2D eigenvalue weighted by molar-refractivity contribution is 5.29. The molecule has 18 heavy (non-hydrogen) atoms. The summed E-state index contributed by atoms with van der Waals surface area (Å²) in [5.41, 5.74) is 1.18. The molecule has 0 aromatic carbocycles. The number of pyridine rings is 1. The van der Waals surface area contributed by atoms with E-state index in [0.717, 1.165) is 12.5 Å². The number of imidazole rings is 1. The van der Waals surface area contributed by atoms with Crippen LogP contribution in [0.2, 0.25) is 0 Å². The van der Waals surface area contributed by atoms with Crippen LogP contribution in [0.5, 0.6) is 0 Å². The second-order valence-corrected chi connectivity index (χ2v) is 4.81. The summed E-state index contributed by atoms with van der Waals surface area (Å²) in [6.45, 7) is 0.775. The van der Waals surface area contributed by atoms with E-state index in [9.17, 15) is 0 Å². The summed E-state index contributed by atoms with van der Waals surface area (Å²) in [7, 11) is 0. The molecule has 0 bridgehead atoms. The molecule has 3 rings (SSSR count). The predicted molar refractivity (Wildman–Crippen MR) is 71.3 cm³/mol. The molecule has 94 valence electrons. The van der Waals surface area contributed by atoms with Crippen LogP contribution in [0, 0.1) is 0 Å². The topological polar surface area (TPSA) is 42.7 Å². The lowest BCUT2D eigenvalue weighted by atomic mass is 10.2. The third kappa shape index (κ3) is 2.37. The van der Waals surface area contributed by atoms with Crippen molar-refractivity contribution < 1.29 is 0 Å². The van der Waals surface area contributed by atoms with Crippen molar-refractivity contribution in [1.29, 1.82) is 0 Å². The van der Waals surface area contributed by atoms with Crippen molar-refractivity contribution >= 4 is 5.95 Å². The average Bonchev–Trinajstić information content (AvgIpc) is 3.08. The van der Waals surface area contributed by atoms with Crippen molar-refractivity contribution in [2.45, 2.75) is 38.3 Å². The van der Waals surface area contributed by atoms with E-state index in [4.69, 9.17) is 0 Å². The number of aromatic nitrogens is 3. The molecule has 1 saturated carbocycles. The molecule has 4 nitrogen and oxygen atoms in total. The third-order valence-electron chi connectivity index (χ3n) is 3.56. The Morgan fingerprint density at radius 2 is 2.17 bits per heavy atom. The van der Waals surface area contributed by atoms with Crippen LogP contribution in [0.3, 0.4) is 0 Å². The molecule has 4 heteroatoms. The minimum Gasteiger partial charge on any atom is -0.352 e. The first kappa shape index (κ1) is 11.3. The molecule has 2 aromatic heterocycles. The molecule has 1 fully saturated rings. The number of anilines is 1.